The Morgan fingerprint density at radius 1 is 1.06 bits per heavy atom. The monoisotopic (exact) mass is 695 g/mol. The summed E-state index contributed by atoms with van der Waals surface area (Å²) in [5.41, 5.74) is 3.58. The zero-order chi connectivity index (χ0) is 33.5. The summed E-state index contributed by atoms with van der Waals surface area (Å²) in [5, 5.41) is 0.0424. The van der Waals surface area contributed by atoms with Crippen LogP contribution in [0.4, 0.5) is 5.69 Å². The van der Waals surface area contributed by atoms with Gasteiger partial charge in [0.2, 0.25) is 10.0 Å². The van der Waals surface area contributed by atoms with Crippen LogP contribution in [0.25, 0.3) is 0 Å². The number of aryl methyl sites for hydroxylation is 1. The molecule has 3 aliphatic heterocycles. The molecule has 2 aromatic carbocycles. The molecule has 5 aliphatic rings. The molecule has 260 valence electrons. The number of rotatable bonds is 3. The number of carbonyl (C=O) groups excluding carboxylic acids is 1. The van der Waals surface area contributed by atoms with Gasteiger partial charge in [0.25, 0.3) is 5.91 Å². The van der Waals surface area contributed by atoms with Crippen molar-refractivity contribution in [2.24, 2.45) is 23.7 Å². The molecule has 2 fully saturated rings. The molecule has 7 rings (SSSR count). The molecule has 0 unspecified atom stereocenters. The molecule has 8 nitrogen and oxygen atoms in total. The highest BCUT2D eigenvalue weighted by Gasteiger charge is 2.43. The molecule has 0 radical (unpaired) electrons. The number of fused-ring (bicyclic) bond motifs is 4. The Bertz CT molecular complexity index is 1640. The smallest absolute Gasteiger partial charge is 0.264 e. The van der Waals surface area contributed by atoms with Gasteiger partial charge in [0, 0.05) is 42.2 Å². The predicted octanol–water partition coefficient (Wildman–Crippen LogP) is 6.22. The Kier molecular flexibility index (Phi) is 9.86. The lowest BCUT2D eigenvalue weighted by molar-refractivity contribution is 0.0358. The van der Waals surface area contributed by atoms with Crippen molar-refractivity contribution >= 4 is 33.2 Å². The van der Waals surface area contributed by atoms with Crippen molar-refractivity contribution in [1.29, 1.82) is 0 Å². The fraction of sp³-hybridized carbons (Fsp3) is 0.605. The molecule has 3 heterocycles. The van der Waals surface area contributed by atoms with Crippen molar-refractivity contribution in [2.75, 3.05) is 57.4 Å². The first-order valence-corrected chi connectivity index (χ1v) is 19.9. The lowest BCUT2D eigenvalue weighted by Gasteiger charge is -2.44. The van der Waals surface area contributed by atoms with E-state index in [1.54, 1.807) is 13.0 Å². The maximum Gasteiger partial charge on any atom is 0.264 e. The van der Waals surface area contributed by atoms with Gasteiger partial charge < -0.3 is 14.4 Å². The highest BCUT2D eigenvalue weighted by Crippen LogP contribution is 2.46. The predicted molar refractivity (Wildman–Crippen MR) is 191 cm³/mol. The molecule has 2 bridgehead atoms. The molecule has 6 atom stereocenters. The van der Waals surface area contributed by atoms with Crippen LogP contribution in [0.5, 0.6) is 5.75 Å². The van der Waals surface area contributed by atoms with Gasteiger partial charge in [-0.15, -0.1) is 0 Å². The van der Waals surface area contributed by atoms with Crippen molar-refractivity contribution < 1.29 is 22.7 Å². The van der Waals surface area contributed by atoms with Gasteiger partial charge in [-0.3, -0.25) is 9.69 Å². The molecule has 2 aliphatic carbocycles. The minimum Gasteiger partial charge on any atom is -0.490 e. The van der Waals surface area contributed by atoms with Crippen LogP contribution in [0.3, 0.4) is 0 Å². The van der Waals surface area contributed by atoms with E-state index in [2.05, 4.69) is 38.8 Å². The molecule has 2 aromatic rings. The third-order valence-corrected chi connectivity index (χ3v) is 14.1. The molecule has 0 aromatic heterocycles. The van der Waals surface area contributed by atoms with Crippen molar-refractivity contribution in [3.63, 3.8) is 0 Å². The number of nitrogens with zero attached hydrogens (tertiary/aromatic N) is 2. The Balaban J connectivity index is 1.23. The summed E-state index contributed by atoms with van der Waals surface area (Å²) in [4.78, 5) is 18.5. The van der Waals surface area contributed by atoms with E-state index in [0.717, 1.165) is 107 Å². The van der Waals surface area contributed by atoms with E-state index in [1.807, 2.05) is 25.1 Å². The van der Waals surface area contributed by atoms with Gasteiger partial charge in [0.05, 0.1) is 30.8 Å². The number of hydrogen-bond donors (Lipinski definition) is 1. The summed E-state index contributed by atoms with van der Waals surface area (Å²) in [6, 6.07) is 11.7. The number of carbonyl (C=O) groups is 1. The molecule has 10 heteroatoms. The Morgan fingerprint density at radius 2 is 1.90 bits per heavy atom. The maximum absolute atomic E-state index is 13.6. The topological polar surface area (TPSA) is 88.2 Å². The highest BCUT2D eigenvalue weighted by atomic mass is 35.5. The minimum atomic E-state index is -3.91. The summed E-state index contributed by atoms with van der Waals surface area (Å²) in [7, 11) is -3.91. The number of allylic oxidation sites excluding steroid dienone is 2. The average Bonchev–Trinajstić information content (AvgIpc) is 3.21. The van der Waals surface area contributed by atoms with Gasteiger partial charge in [0.1, 0.15) is 5.75 Å². The molecule has 1 saturated heterocycles. The van der Waals surface area contributed by atoms with Crippen molar-refractivity contribution in [1.82, 2.24) is 9.62 Å². The SMILES string of the molecule is C[C@@H]1[C@@H](C)C[C@H](CCN2CCOCC2)/C=C/[C@@H]2CC[C@H]2CN2C[C@@]3(CCCc4cc(Cl)ccc43)COc3ccc(cc32)C(=O)NS1(=O)=O. The number of halogens is 1. The fourth-order valence-electron chi connectivity index (χ4n) is 8.63. The first-order chi connectivity index (χ1) is 23.1. The summed E-state index contributed by atoms with van der Waals surface area (Å²) >= 11 is 6.45. The van der Waals surface area contributed by atoms with Gasteiger partial charge in [-0.25, -0.2) is 13.1 Å². The number of benzene rings is 2. The van der Waals surface area contributed by atoms with E-state index in [0.29, 0.717) is 24.0 Å². The van der Waals surface area contributed by atoms with Crippen LogP contribution in [0.15, 0.2) is 48.6 Å². The summed E-state index contributed by atoms with van der Waals surface area (Å²) in [5.74, 6) is 1.23. The normalized spacial score (nSPS) is 32.9. The second-order valence-corrected chi connectivity index (χ2v) is 17.5. The number of amides is 1. The molecular weight excluding hydrogens is 646 g/mol. The molecule has 1 amide bonds. The summed E-state index contributed by atoms with van der Waals surface area (Å²) in [6.45, 7) is 10.3. The van der Waals surface area contributed by atoms with E-state index in [-0.39, 0.29) is 17.3 Å². The second-order valence-electron chi connectivity index (χ2n) is 15.1. The average molecular weight is 696 g/mol. The molecular formula is C38H50ClN3O5S. The van der Waals surface area contributed by atoms with Crippen LogP contribution >= 0.6 is 11.6 Å². The van der Waals surface area contributed by atoms with E-state index < -0.39 is 21.2 Å². The molecule has 1 saturated carbocycles. The van der Waals surface area contributed by atoms with Crippen LogP contribution < -0.4 is 14.4 Å². The lowest BCUT2D eigenvalue weighted by atomic mass is 9.69. The largest absolute Gasteiger partial charge is 0.490 e. The van der Waals surface area contributed by atoms with Crippen LogP contribution in [-0.2, 0) is 26.6 Å². The van der Waals surface area contributed by atoms with Crippen LogP contribution in [-0.4, -0.2) is 77.0 Å². The molecule has 48 heavy (non-hydrogen) atoms. The van der Waals surface area contributed by atoms with Gasteiger partial charge in [0.15, 0.2) is 0 Å². The summed E-state index contributed by atoms with van der Waals surface area (Å²) < 4.78 is 41.8. The van der Waals surface area contributed by atoms with Gasteiger partial charge in [-0.05, 0) is 124 Å². The molecule has 1 N–H and O–H groups in total. The zero-order valence-electron chi connectivity index (χ0n) is 28.3. The second kappa shape index (κ2) is 14.0. The lowest BCUT2D eigenvalue weighted by Crippen LogP contribution is -2.48. The number of sulfonamides is 1. The Morgan fingerprint density at radius 3 is 2.69 bits per heavy atom. The standard InChI is InChI=1S/C38H50ClN3O5S/c1-26-20-28(13-15-41-16-18-46-19-17-41)5-6-29-7-8-32(29)23-42-24-38(14-3-4-30-21-33(39)10-11-34(30)38)25-47-36-12-9-31(22-35(36)42)37(43)40-48(44,45)27(26)2/h5-6,9-12,21-22,26-29,32H,3-4,7-8,13-20,23-25H2,1-2H3,(H,40,43)/b6-5+/t26-,27+,28-,29+,32-,38-/m0/s1. The zero-order valence-corrected chi connectivity index (χ0v) is 29.9. The first kappa shape index (κ1) is 33.9. The van der Waals surface area contributed by atoms with E-state index in [9.17, 15) is 13.2 Å². The fourth-order valence-corrected chi connectivity index (χ4v) is 10.1. The van der Waals surface area contributed by atoms with Crippen LogP contribution in [0.2, 0.25) is 5.02 Å². The van der Waals surface area contributed by atoms with Gasteiger partial charge in [-0.1, -0.05) is 36.7 Å². The Labute approximate surface area is 291 Å². The van der Waals surface area contributed by atoms with Crippen molar-refractivity contribution in [2.45, 2.75) is 69.5 Å². The quantitative estimate of drug-likeness (QED) is 0.382. The number of hydrogen-bond acceptors (Lipinski definition) is 7. The third-order valence-electron chi connectivity index (χ3n) is 12.0. The van der Waals surface area contributed by atoms with Crippen LogP contribution in [0, 0.1) is 23.7 Å². The molecule has 1 spiro atoms. The number of ether oxygens (including phenoxy) is 2. The van der Waals surface area contributed by atoms with E-state index in [1.165, 1.54) is 11.1 Å². The van der Waals surface area contributed by atoms with Gasteiger partial charge >= 0.3 is 0 Å². The maximum atomic E-state index is 13.6. The van der Waals surface area contributed by atoms with E-state index >= 15 is 0 Å². The summed E-state index contributed by atoms with van der Waals surface area (Å²) in [6.07, 6.45) is 11.9. The third kappa shape index (κ3) is 7.03. The van der Waals surface area contributed by atoms with E-state index in [4.69, 9.17) is 21.1 Å². The number of nitrogens with one attached hydrogen (secondary N) is 1. The van der Waals surface area contributed by atoms with Gasteiger partial charge in [-0.2, -0.15) is 0 Å². The van der Waals surface area contributed by atoms with Crippen molar-refractivity contribution in [3.8, 4) is 5.75 Å². The first-order valence-electron chi connectivity index (χ1n) is 18.0. The number of morpholine rings is 1. The Hall–Kier alpha value is -2.59. The van der Waals surface area contributed by atoms with Crippen LogP contribution in [0.1, 0.15) is 73.9 Å². The highest BCUT2D eigenvalue weighted by molar-refractivity contribution is 7.90. The van der Waals surface area contributed by atoms with Crippen molar-refractivity contribution in [3.05, 3.63) is 70.3 Å². The number of anilines is 1. The minimum absolute atomic E-state index is 0.125.